The second-order valence-corrected chi connectivity index (χ2v) is 2.19. The van der Waals surface area contributed by atoms with Crippen LogP contribution >= 0.6 is 0 Å². The Balaban J connectivity index is 3.08. The summed E-state index contributed by atoms with van der Waals surface area (Å²) < 4.78 is 14.4. The van der Waals surface area contributed by atoms with E-state index in [1.807, 2.05) is 6.92 Å². The third kappa shape index (κ3) is 9.26. The van der Waals surface area contributed by atoms with Gasteiger partial charge in [0.15, 0.2) is 0 Å². The molecule has 0 fully saturated rings. The van der Waals surface area contributed by atoms with Crippen molar-refractivity contribution in [2.75, 3.05) is 39.6 Å². The minimum absolute atomic E-state index is 0.0215. The van der Waals surface area contributed by atoms with Gasteiger partial charge in [-0.25, -0.2) is 4.79 Å². The Morgan fingerprint density at radius 3 is 2.54 bits per heavy atom. The number of aliphatic hydroxyl groups excluding tert-OH is 1. The van der Waals surface area contributed by atoms with Gasteiger partial charge in [0, 0.05) is 6.61 Å². The number of ether oxygens (including phenoxy) is 3. The fourth-order valence-electron chi connectivity index (χ4n) is 0.619. The number of hydrogen-bond donors (Lipinski definition) is 1. The maximum atomic E-state index is 10.7. The second kappa shape index (κ2) is 9.44. The Kier molecular flexibility index (Phi) is 8.97. The van der Waals surface area contributed by atoms with Crippen LogP contribution in [0.4, 0.5) is 0 Å². The van der Waals surface area contributed by atoms with Gasteiger partial charge in [0.25, 0.3) is 0 Å². The van der Waals surface area contributed by atoms with Crippen molar-refractivity contribution in [3.63, 3.8) is 0 Å². The highest BCUT2D eigenvalue weighted by Crippen LogP contribution is 1.82. The summed E-state index contributed by atoms with van der Waals surface area (Å²) >= 11 is 0. The number of esters is 1. The van der Waals surface area contributed by atoms with Gasteiger partial charge >= 0.3 is 5.97 Å². The van der Waals surface area contributed by atoms with Gasteiger partial charge < -0.3 is 19.3 Å². The van der Waals surface area contributed by atoms with Gasteiger partial charge in [-0.05, 0) is 6.92 Å². The lowest BCUT2D eigenvalue weighted by molar-refractivity contribution is -0.150. The molecular weight excluding hydrogens is 176 g/mol. The molecule has 0 spiro atoms. The second-order valence-electron chi connectivity index (χ2n) is 2.19. The number of carbonyl (C=O) groups excluding carboxylic acids is 1. The van der Waals surface area contributed by atoms with Crippen molar-refractivity contribution in [3.8, 4) is 0 Å². The summed E-state index contributed by atoms with van der Waals surface area (Å²) in [4.78, 5) is 10.7. The molecule has 0 aromatic rings. The summed E-state index contributed by atoms with van der Waals surface area (Å²) in [6.07, 6.45) is 0. The first-order chi connectivity index (χ1) is 6.31. The standard InChI is InChI=1S/C8H16O5/c1-2-11-5-6-12-7-8(10)13-4-3-9/h9H,2-7H2,1H3. The van der Waals surface area contributed by atoms with E-state index in [1.54, 1.807) is 0 Å². The molecule has 0 saturated heterocycles. The minimum Gasteiger partial charge on any atom is -0.462 e. The van der Waals surface area contributed by atoms with E-state index in [1.165, 1.54) is 0 Å². The first-order valence-electron chi connectivity index (χ1n) is 4.23. The molecule has 1 N–H and O–H groups in total. The molecule has 0 amide bonds. The summed E-state index contributed by atoms with van der Waals surface area (Å²) in [6, 6.07) is 0. The van der Waals surface area contributed by atoms with E-state index in [0.29, 0.717) is 19.8 Å². The summed E-state index contributed by atoms with van der Waals surface area (Å²) in [5, 5.41) is 8.32. The van der Waals surface area contributed by atoms with E-state index in [0.717, 1.165) is 0 Å². The molecule has 0 saturated carbocycles. The van der Waals surface area contributed by atoms with Crippen molar-refractivity contribution in [1.82, 2.24) is 0 Å². The molecule has 0 aliphatic heterocycles. The molecule has 0 atom stereocenters. The fraction of sp³-hybridized carbons (Fsp3) is 0.875. The molecule has 0 aromatic heterocycles. The number of carbonyl (C=O) groups is 1. The van der Waals surface area contributed by atoms with Crippen molar-refractivity contribution in [2.24, 2.45) is 0 Å². The van der Waals surface area contributed by atoms with Crippen molar-refractivity contribution >= 4 is 5.97 Å². The van der Waals surface area contributed by atoms with Crippen LogP contribution in [0.3, 0.4) is 0 Å². The topological polar surface area (TPSA) is 65.0 Å². The van der Waals surface area contributed by atoms with Gasteiger partial charge in [-0.15, -0.1) is 0 Å². The van der Waals surface area contributed by atoms with Crippen LogP contribution in [-0.4, -0.2) is 50.7 Å². The van der Waals surface area contributed by atoms with Crippen LogP contribution in [0.25, 0.3) is 0 Å². The van der Waals surface area contributed by atoms with Crippen LogP contribution < -0.4 is 0 Å². The average Bonchev–Trinajstić information content (AvgIpc) is 2.14. The van der Waals surface area contributed by atoms with Crippen LogP contribution in [0.15, 0.2) is 0 Å². The van der Waals surface area contributed by atoms with E-state index in [9.17, 15) is 4.79 Å². The van der Waals surface area contributed by atoms with Crippen molar-refractivity contribution < 1.29 is 24.1 Å². The van der Waals surface area contributed by atoms with Gasteiger partial charge in [0.05, 0.1) is 19.8 Å². The molecule has 5 nitrogen and oxygen atoms in total. The summed E-state index contributed by atoms with van der Waals surface area (Å²) in [5.41, 5.74) is 0. The van der Waals surface area contributed by atoms with E-state index in [4.69, 9.17) is 14.6 Å². The third-order valence-corrected chi connectivity index (χ3v) is 1.15. The molecule has 0 aromatic carbocycles. The average molecular weight is 192 g/mol. The van der Waals surface area contributed by atoms with E-state index in [2.05, 4.69) is 4.74 Å². The van der Waals surface area contributed by atoms with Gasteiger partial charge in [0.2, 0.25) is 0 Å². The highest BCUT2D eigenvalue weighted by Gasteiger charge is 2.01. The molecule has 0 unspecified atom stereocenters. The van der Waals surface area contributed by atoms with Crippen molar-refractivity contribution in [2.45, 2.75) is 6.92 Å². The largest absolute Gasteiger partial charge is 0.462 e. The van der Waals surface area contributed by atoms with E-state index < -0.39 is 5.97 Å². The van der Waals surface area contributed by atoms with Crippen LogP contribution in [0.1, 0.15) is 6.92 Å². The number of hydrogen-bond acceptors (Lipinski definition) is 5. The quantitative estimate of drug-likeness (QED) is 0.418. The number of aliphatic hydroxyl groups is 1. The van der Waals surface area contributed by atoms with Gasteiger partial charge in [-0.2, -0.15) is 0 Å². The highest BCUT2D eigenvalue weighted by atomic mass is 16.6. The molecule has 13 heavy (non-hydrogen) atoms. The smallest absolute Gasteiger partial charge is 0.332 e. The van der Waals surface area contributed by atoms with Crippen molar-refractivity contribution in [3.05, 3.63) is 0 Å². The Hall–Kier alpha value is -0.650. The Labute approximate surface area is 77.6 Å². The van der Waals surface area contributed by atoms with Crippen molar-refractivity contribution in [1.29, 1.82) is 0 Å². The van der Waals surface area contributed by atoms with Gasteiger partial charge in [-0.1, -0.05) is 0 Å². The molecular formula is C8H16O5. The number of rotatable bonds is 8. The lowest BCUT2D eigenvalue weighted by Gasteiger charge is -2.04. The summed E-state index contributed by atoms with van der Waals surface area (Å²) in [7, 11) is 0. The fourth-order valence-corrected chi connectivity index (χ4v) is 0.619. The van der Waals surface area contributed by atoms with Gasteiger partial charge in [0.1, 0.15) is 13.2 Å². The first kappa shape index (κ1) is 12.3. The zero-order valence-corrected chi connectivity index (χ0v) is 7.82. The molecule has 78 valence electrons. The SMILES string of the molecule is CCOCCOCC(=O)OCCO. The maximum Gasteiger partial charge on any atom is 0.332 e. The van der Waals surface area contributed by atoms with Crippen LogP contribution in [0.5, 0.6) is 0 Å². The zero-order valence-electron chi connectivity index (χ0n) is 7.82. The van der Waals surface area contributed by atoms with Crippen LogP contribution in [0.2, 0.25) is 0 Å². The highest BCUT2D eigenvalue weighted by molar-refractivity contribution is 5.70. The molecule has 0 heterocycles. The zero-order chi connectivity index (χ0) is 9.94. The molecule has 0 bridgehead atoms. The predicted molar refractivity (Wildman–Crippen MR) is 45.4 cm³/mol. The Morgan fingerprint density at radius 2 is 1.92 bits per heavy atom. The minimum atomic E-state index is -0.467. The third-order valence-electron chi connectivity index (χ3n) is 1.15. The Morgan fingerprint density at radius 1 is 1.23 bits per heavy atom. The first-order valence-corrected chi connectivity index (χ1v) is 4.23. The van der Waals surface area contributed by atoms with Gasteiger partial charge in [-0.3, -0.25) is 0 Å². The molecule has 0 aliphatic rings. The lowest BCUT2D eigenvalue weighted by atomic mass is 10.7. The van der Waals surface area contributed by atoms with E-state index in [-0.39, 0.29) is 19.8 Å². The monoisotopic (exact) mass is 192 g/mol. The summed E-state index contributed by atoms with van der Waals surface area (Å²) in [6.45, 7) is 3.14. The lowest BCUT2D eigenvalue weighted by Crippen LogP contribution is -2.16. The molecule has 0 rings (SSSR count). The van der Waals surface area contributed by atoms with E-state index >= 15 is 0 Å². The molecule has 5 heteroatoms. The predicted octanol–water partition coefficient (Wildman–Crippen LogP) is -0.425. The normalized spacial score (nSPS) is 10.0. The van der Waals surface area contributed by atoms with Crippen LogP contribution in [-0.2, 0) is 19.0 Å². The summed E-state index contributed by atoms with van der Waals surface area (Å²) in [5.74, 6) is -0.467. The van der Waals surface area contributed by atoms with Crippen LogP contribution in [0, 0.1) is 0 Å². The molecule has 0 aliphatic carbocycles. The Bertz CT molecular complexity index is 126. The maximum absolute atomic E-state index is 10.7. The molecule has 0 radical (unpaired) electrons.